The molecule has 0 aliphatic carbocycles. The van der Waals surface area contributed by atoms with Crippen molar-refractivity contribution in [3.63, 3.8) is 0 Å². The summed E-state index contributed by atoms with van der Waals surface area (Å²) >= 11 is 0. The molecule has 1 N–H and O–H groups in total. The van der Waals surface area contributed by atoms with Crippen LogP contribution in [0.1, 0.15) is 30.9 Å². The van der Waals surface area contributed by atoms with Crippen LogP contribution >= 0.6 is 0 Å². The number of hydrogen-bond donors (Lipinski definition) is 1. The van der Waals surface area contributed by atoms with E-state index in [1.807, 2.05) is 19.9 Å². The maximum atomic E-state index is 12.7. The van der Waals surface area contributed by atoms with E-state index in [0.29, 0.717) is 22.5 Å². The monoisotopic (exact) mass is 314 g/mol. The van der Waals surface area contributed by atoms with Gasteiger partial charge in [-0.25, -0.2) is 4.39 Å². The quantitative estimate of drug-likeness (QED) is 0.795. The van der Waals surface area contributed by atoms with Crippen LogP contribution in [0, 0.1) is 11.3 Å². The van der Waals surface area contributed by atoms with E-state index in [1.54, 1.807) is 12.4 Å². The molecule has 0 spiro atoms. The van der Waals surface area contributed by atoms with Crippen molar-refractivity contribution in [3.05, 3.63) is 40.1 Å². The summed E-state index contributed by atoms with van der Waals surface area (Å²) in [5, 5.41) is 17.2. The van der Waals surface area contributed by atoms with Gasteiger partial charge in [0.15, 0.2) is 5.65 Å². The van der Waals surface area contributed by atoms with Crippen LogP contribution in [-0.4, -0.2) is 31.1 Å². The van der Waals surface area contributed by atoms with Crippen LogP contribution in [0.4, 0.5) is 4.39 Å². The number of hydrogen-bond acceptors (Lipinski definition) is 4. The minimum absolute atomic E-state index is 0.0580. The Bertz CT molecular complexity index is 959. The molecule has 0 bridgehead atoms. The van der Waals surface area contributed by atoms with E-state index >= 15 is 0 Å². The summed E-state index contributed by atoms with van der Waals surface area (Å²) in [5.41, 5.74) is 2.16. The van der Waals surface area contributed by atoms with Gasteiger partial charge in [-0.05, 0) is 5.92 Å². The third-order valence-corrected chi connectivity index (χ3v) is 3.64. The van der Waals surface area contributed by atoms with Crippen LogP contribution in [0.3, 0.4) is 0 Å². The molecule has 0 aliphatic rings. The number of nitrogens with one attached hydrogen (secondary N) is 1. The van der Waals surface area contributed by atoms with E-state index in [-0.39, 0.29) is 23.6 Å². The Labute approximate surface area is 131 Å². The topological polar surface area (TPSA) is 91.8 Å². The Morgan fingerprint density at radius 2 is 2.17 bits per heavy atom. The van der Waals surface area contributed by atoms with Crippen molar-refractivity contribution in [1.29, 1.82) is 5.26 Å². The van der Waals surface area contributed by atoms with E-state index in [1.165, 1.54) is 15.4 Å². The smallest absolute Gasteiger partial charge is 0.278 e. The first-order valence-electron chi connectivity index (χ1n) is 7.19. The Hall–Kier alpha value is -2.95. The van der Waals surface area contributed by atoms with Gasteiger partial charge in [-0.15, -0.1) is 0 Å². The SMILES string of the molecule is CC(C)c1c(-c2cnn(CCF)c2)[nH]c2c(C#N)cnn2c1=O. The molecule has 7 nitrogen and oxygen atoms in total. The third-order valence-electron chi connectivity index (χ3n) is 3.64. The lowest BCUT2D eigenvalue weighted by Crippen LogP contribution is -2.22. The van der Waals surface area contributed by atoms with Gasteiger partial charge in [0.25, 0.3) is 5.56 Å². The molecular formula is C15H15FN6O. The van der Waals surface area contributed by atoms with Gasteiger partial charge in [-0.2, -0.15) is 20.0 Å². The van der Waals surface area contributed by atoms with Gasteiger partial charge in [-0.1, -0.05) is 13.8 Å². The van der Waals surface area contributed by atoms with Crippen LogP contribution in [0.25, 0.3) is 16.9 Å². The van der Waals surface area contributed by atoms with E-state index < -0.39 is 6.67 Å². The molecule has 0 saturated heterocycles. The van der Waals surface area contributed by atoms with Crippen LogP contribution in [-0.2, 0) is 6.54 Å². The Balaban J connectivity index is 2.30. The van der Waals surface area contributed by atoms with Crippen LogP contribution in [0.5, 0.6) is 0 Å². The summed E-state index contributed by atoms with van der Waals surface area (Å²) in [6, 6.07) is 2.01. The average molecular weight is 314 g/mol. The molecule has 0 saturated carbocycles. The molecule has 0 radical (unpaired) electrons. The van der Waals surface area contributed by atoms with Crippen LogP contribution in [0.15, 0.2) is 23.4 Å². The van der Waals surface area contributed by atoms with Crippen LogP contribution < -0.4 is 5.56 Å². The van der Waals surface area contributed by atoms with Crippen molar-refractivity contribution < 1.29 is 4.39 Å². The molecule has 0 atom stereocenters. The Kier molecular flexibility index (Phi) is 3.70. The number of nitriles is 1. The van der Waals surface area contributed by atoms with Gasteiger partial charge >= 0.3 is 0 Å². The molecule has 3 aromatic rings. The predicted molar refractivity (Wildman–Crippen MR) is 81.8 cm³/mol. The van der Waals surface area contributed by atoms with Crippen molar-refractivity contribution in [3.8, 4) is 17.3 Å². The minimum atomic E-state index is -0.519. The van der Waals surface area contributed by atoms with E-state index in [4.69, 9.17) is 5.26 Å². The first-order chi connectivity index (χ1) is 11.1. The van der Waals surface area contributed by atoms with Crippen molar-refractivity contribution in [2.45, 2.75) is 26.3 Å². The van der Waals surface area contributed by atoms with E-state index in [2.05, 4.69) is 15.2 Å². The number of aryl methyl sites for hydroxylation is 1. The van der Waals surface area contributed by atoms with Crippen LogP contribution in [0.2, 0.25) is 0 Å². The minimum Gasteiger partial charge on any atom is -0.338 e. The number of nitrogens with zero attached hydrogens (tertiary/aromatic N) is 5. The molecule has 0 aliphatic heterocycles. The standard InChI is InChI=1S/C15H15FN6O/c1-9(2)12-13(11-7-18-21(8-11)4-3-16)20-14-10(5-17)6-19-22(14)15(12)23/h6-9,20H,3-4H2,1-2H3. The number of H-pyrrole nitrogens is 1. The Morgan fingerprint density at radius 3 is 2.83 bits per heavy atom. The predicted octanol–water partition coefficient (Wildman–Crippen LogP) is 1.85. The van der Waals surface area contributed by atoms with Crippen molar-refractivity contribution in [1.82, 2.24) is 24.4 Å². The van der Waals surface area contributed by atoms with Crippen molar-refractivity contribution in [2.75, 3.05) is 6.67 Å². The molecule has 118 valence electrons. The highest BCUT2D eigenvalue weighted by Gasteiger charge is 2.20. The summed E-state index contributed by atoms with van der Waals surface area (Å²) in [4.78, 5) is 15.8. The summed E-state index contributed by atoms with van der Waals surface area (Å²) in [5.74, 6) is -0.0580. The highest BCUT2D eigenvalue weighted by Crippen LogP contribution is 2.25. The number of aromatic nitrogens is 5. The molecule has 8 heteroatoms. The second-order valence-electron chi connectivity index (χ2n) is 5.49. The summed E-state index contributed by atoms with van der Waals surface area (Å²) in [6.07, 6.45) is 4.61. The zero-order valence-electron chi connectivity index (χ0n) is 12.7. The molecule has 0 amide bonds. The molecule has 3 heterocycles. The first kappa shape index (κ1) is 15.0. The van der Waals surface area contributed by atoms with Crippen molar-refractivity contribution >= 4 is 5.65 Å². The second-order valence-corrected chi connectivity index (χ2v) is 5.49. The highest BCUT2D eigenvalue weighted by atomic mass is 19.1. The van der Waals surface area contributed by atoms with Gasteiger partial charge in [0, 0.05) is 17.3 Å². The fourth-order valence-electron chi connectivity index (χ4n) is 2.58. The maximum absolute atomic E-state index is 12.7. The van der Waals surface area contributed by atoms with Gasteiger partial charge in [0.2, 0.25) is 0 Å². The van der Waals surface area contributed by atoms with Gasteiger partial charge in [0.1, 0.15) is 18.3 Å². The molecule has 0 fully saturated rings. The lowest BCUT2D eigenvalue weighted by atomic mass is 10.00. The molecule has 0 unspecified atom stereocenters. The number of fused-ring (bicyclic) bond motifs is 1. The summed E-state index contributed by atoms with van der Waals surface area (Å²) in [7, 11) is 0. The largest absolute Gasteiger partial charge is 0.338 e. The second kappa shape index (κ2) is 5.68. The molecule has 3 rings (SSSR count). The summed E-state index contributed by atoms with van der Waals surface area (Å²) in [6.45, 7) is 3.44. The Morgan fingerprint density at radius 1 is 1.39 bits per heavy atom. The zero-order chi connectivity index (χ0) is 16.6. The fourth-order valence-corrected chi connectivity index (χ4v) is 2.58. The van der Waals surface area contributed by atoms with Gasteiger partial charge < -0.3 is 4.98 Å². The molecular weight excluding hydrogens is 299 g/mol. The first-order valence-corrected chi connectivity index (χ1v) is 7.19. The number of halogens is 1. The normalized spacial score (nSPS) is 11.3. The van der Waals surface area contributed by atoms with Gasteiger partial charge in [-0.3, -0.25) is 9.48 Å². The van der Waals surface area contributed by atoms with Crippen molar-refractivity contribution in [2.24, 2.45) is 0 Å². The average Bonchev–Trinajstić information content (AvgIpc) is 3.13. The van der Waals surface area contributed by atoms with E-state index in [9.17, 15) is 9.18 Å². The van der Waals surface area contributed by atoms with Gasteiger partial charge in [0.05, 0.1) is 24.6 Å². The fraction of sp³-hybridized carbons (Fsp3) is 0.333. The molecule has 0 aromatic carbocycles. The summed E-state index contributed by atoms with van der Waals surface area (Å²) < 4.78 is 15.1. The molecule has 3 aromatic heterocycles. The number of rotatable bonds is 4. The highest BCUT2D eigenvalue weighted by molar-refractivity contribution is 5.67. The lowest BCUT2D eigenvalue weighted by Gasteiger charge is -2.11. The number of aromatic amines is 1. The maximum Gasteiger partial charge on any atom is 0.278 e. The zero-order valence-corrected chi connectivity index (χ0v) is 12.7. The molecule has 23 heavy (non-hydrogen) atoms. The van der Waals surface area contributed by atoms with E-state index in [0.717, 1.165) is 0 Å². The third kappa shape index (κ3) is 2.40. The lowest BCUT2D eigenvalue weighted by molar-refractivity contribution is 0.427. The number of alkyl halides is 1.